The Labute approximate surface area is 128 Å². The third kappa shape index (κ3) is 5.22. The number of sulfonamides is 1. The second-order valence-corrected chi connectivity index (χ2v) is 6.20. The molecule has 0 aromatic heterocycles. The van der Waals surface area contributed by atoms with E-state index >= 15 is 0 Å². The van der Waals surface area contributed by atoms with Crippen LogP contribution in [0.2, 0.25) is 5.02 Å². The number of nitro groups is 1. The Morgan fingerprint density at radius 1 is 1.50 bits per heavy atom. The molecular formula is C10H15Cl2N3O4S. The summed E-state index contributed by atoms with van der Waals surface area (Å²) in [6, 6.07) is 3.20. The predicted molar refractivity (Wildman–Crippen MR) is 78.8 cm³/mol. The maximum Gasteiger partial charge on any atom is 0.289 e. The van der Waals surface area contributed by atoms with Crippen molar-refractivity contribution in [3.8, 4) is 0 Å². The summed E-state index contributed by atoms with van der Waals surface area (Å²) in [6.07, 6.45) is 0.424. The molecule has 1 atom stereocenters. The van der Waals surface area contributed by atoms with Gasteiger partial charge in [-0.1, -0.05) is 11.6 Å². The largest absolute Gasteiger partial charge is 0.328 e. The Kier molecular flexibility index (Phi) is 7.39. The topological polar surface area (TPSA) is 115 Å². The molecule has 0 aliphatic carbocycles. The maximum absolute atomic E-state index is 12.0. The van der Waals surface area contributed by atoms with Crippen LogP contribution in [0.4, 0.5) is 5.69 Å². The van der Waals surface area contributed by atoms with Crippen molar-refractivity contribution >= 4 is 39.7 Å². The molecule has 1 unspecified atom stereocenters. The molecule has 0 aliphatic heterocycles. The fraction of sp³-hybridized carbons (Fsp3) is 0.400. The SMILES string of the molecule is CC(N)CCNS(=O)(=O)c1cc(Cl)ccc1[N+](=O)[O-].Cl. The Morgan fingerprint density at radius 3 is 2.60 bits per heavy atom. The van der Waals surface area contributed by atoms with Gasteiger partial charge in [-0.3, -0.25) is 10.1 Å². The van der Waals surface area contributed by atoms with Gasteiger partial charge >= 0.3 is 0 Å². The van der Waals surface area contributed by atoms with Crippen LogP contribution in [0.15, 0.2) is 23.1 Å². The molecule has 20 heavy (non-hydrogen) atoms. The van der Waals surface area contributed by atoms with E-state index in [0.717, 1.165) is 12.1 Å². The summed E-state index contributed by atoms with van der Waals surface area (Å²) in [5.41, 5.74) is 4.98. The summed E-state index contributed by atoms with van der Waals surface area (Å²) in [4.78, 5) is 9.60. The molecule has 7 nitrogen and oxygen atoms in total. The van der Waals surface area contributed by atoms with Crippen molar-refractivity contribution < 1.29 is 13.3 Å². The highest BCUT2D eigenvalue weighted by atomic mass is 35.5. The fourth-order valence-corrected chi connectivity index (χ4v) is 2.83. The summed E-state index contributed by atoms with van der Waals surface area (Å²) in [5, 5.41) is 10.9. The van der Waals surface area contributed by atoms with Gasteiger partial charge in [0.1, 0.15) is 0 Å². The van der Waals surface area contributed by atoms with Gasteiger partial charge < -0.3 is 5.73 Å². The first-order chi connectivity index (χ1) is 8.74. The number of nitrogens with two attached hydrogens (primary N) is 1. The number of benzene rings is 1. The summed E-state index contributed by atoms with van der Waals surface area (Å²) >= 11 is 5.68. The van der Waals surface area contributed by atoms with Crippen LogP contribution in [0.25, 0.3) is 0 Å². The van der Waals surface area contributed by atoms with Crippen molar-refractivity contribution in [3.05, 3.63) is 33.3 Å². The lowest BCUT2D eigenvalue weighted by Gasteiger charge is -2.09. The highest BCUT2D eigenvalue weighted by Gasteiger charge is 2.25. The molecule has 114 valence electrons. The zero-order chi connectivity index (χ0) is 14.6. The first-order valence-corrected chi connectivity index (χ1v) is 7.29. The molecule has 0 saturated heterocycles. The molecule has 0 radical (unpaired) electrons. The molecular weight excluding hydrogens is 329 g/mol. The van der Waals surface area contributed by atoms with Crippen LogP contribution >= 0.6 is 24.0 Å². The molecule has 3 N–H and O–H groups in total. The average molecular weight is 344 g/mol. The summed E-state index contributed by atoms with van der Waals surface area (Å²) in [6.45, 7) is 1.83. The number of nitro benzene ring substituents is 1. The summed E-state index contributed by atoms with van der Waals surface area (Å²) in [7, 11) is -3.99. The lowest BCUT2D eigenvalue weighted by Crippen LogP contribution is -2.29. The van der Waals surface area contributed by atoms with Gasteiger partial charge in [-0.2, -0.15) is 0 Å². The van der Waals surface area contributed by atoms with E-state index < -0.39 is 25.5 Å². The smallest absolute Gasteiger partial charge is 0.289 e. The average Bonchev–Trinajstić information content (AvgIpc) is 2.27. The Balaban J connectivity index is 0.00000361. The molecule has 0 heterocycles. The van der Waals surface area contributed by atoms with Crippen molar-refractivity contribution in [2.75, 3.05) is 6.54 Å². The lowest BCUT2D eigenvalue weighted by atomic mass is 10.3. The molecule has 0 aliphatic rings. The Morgan fingerprint density at radius 2 is 2.10 bits per heavy atom. The van der Waals surface area contributed by atoms with E-state index in [1.807, 2.05) is 0 Å². The van der Waals surface area contributed by atoms with Crippen LogP contribution in [-0.2, 0) is 10.0 Å². The zero-order valence-corrected chi connectivity index (χ0v) is 13.0. The van der Waals surface area contributed by atoms with Crippen molar-refractivity contribution in [1.82, 2.24) is 4.72 Å². The Hall–Kier alpha value is -0.930. The fourth-order valence-electron chi connectivity index (χ4n) is 1.35. The van der Waals surface area contributed by atoms with E-state index in [2.05, 4.69) is 4.72 Å². The van der Waals surface area contributed by atoms with Crippen LogP contribution in [0, 0.1) is 10.1 Å². The van der Waals surface area contributed by atoms with Crippen molar-refractivity contribution in [3.63, 3.8) is 0 Å². The van der Waals surface area contributed by atoms with Crippen LogP contribution in [-0.4, -0.2) is 25.9 Å². The summed E-state index contributed by atoms with van der Waals surface area (Å²) < 4.78 is 26.2. The van der Waals surface area contributed by atoms with E-state index in [1.54, 1.807) is 6.92 Å². The van der Waals surface area contributed by atoms with Crippen LogP contribution < -0.4 is 10.5 Å². The monoisotopic (exact) mass is 343 g/mol. The number of nitrogens with zero attached hydrogens (tertiary/aromatic N) is 1. The standard InChI is InChI=1S/C10H14ClN3O4S.ClH/c1-7(12)4-5-13-19(17,18)10-6-8(11)2-3-9(10)14(15)16;/h2-3,6-7,13H,4-5,12H2,1H3;1H. The first-order valence-electron chi connectivity index (χ1n) is 5.43. The van der Waals surface area contributed by atoms with Gasteiger partial charge in [-0.25, -0.2) is 13.1 Å². The first kappa shape index (κ1) is 19.1. The van der Waals surface area contributed by atoms with Gasteiger partial charge in [0, 0.05) is 23.7 Å². The number of hydrogen-bond donors (Lipinski definition) is 2. The Bertz CT molecular complexity index is 578. The van der Waals surface area contributed by atoms with Gasteiger partial charge in [-0.15, -0.1) is 12.4 Å². The van der Waals surface area contributed by atoms with E-state index in [0.29, 0.717) is 6.42 Å². The normalized spacial score (nSPS) is 12.6. The molecule has 1 rings (SSSR count). The highest BCUT2D eigenvalue weighted by Crippen LogP contribution is 2.26. The van der Waals surface area contributed by atoms with E-state index in [4.69, 9.17) is 17.3 Å². The minimum atomic E-state index is -3.99. The quantitative estimate of drug-likeness (QED) is 0.602. The number of hydrogen-bond acceptors (Lipinski definition) is 5. The molecule has 1 aromatic carbocycles. The molecule has 0 saturated carbocycles. The van der Waals surface area contributed by atoms with Gasteiger partial charge in [0.15, 0.2) is 4.90 Å². The van der Waals surface area contributed by atoms with Crippen LogP contribution in [0.5, 0.6) is 0 Å². The van der Waals surface area contributed by atoms with E-state index in [-0.39, 0.29) is 30.0 Å². The second-order valence-electron chi connectivity index (χ2n) is 4.03. The predicted octanol–water partition coefficient (Wildman–Crippen LogP) is 1.69. The number of rotatable bonds is 6. The van der Waals surface area contributed by atoms with E-state index in [1.165, 1.54) is 6.07 Å². The highest BCUT2D eigenvalue weighted by molar-refractivity contribution is 7.89. The van der Waals surface area contributed by atoms with E-state index in [9.17, 15) is 18.5 Å². The van der Waals surface area contributed by atoms with Gasteiger partial charge in [0.25, 0.3) is 5.69 Å². The lowest BCUT2D eigenvalue weighted by molar-refractivity contribution is -0.387. The molecule has 0 fully saturated rings. The molecule has 0 spiro atoms. The third-order valence-corrected chi connectivity index (χ3v) is 4.03. The van der Waals surface area contributed by atoms with Crippen LogP contribution in [0.3, 0.4) is 0 Å². The molecule has 0 bridgehead atoms. The summed E-state index contributed by atoms with van der Waals surface area (Å²) in [5.74, 6) is 0. The van der Waals surface area contributed by atoms with Crippen molar-refractivity contribution in [2.24, 2.45) is 5.73 Å². The molecule has 10 heteroatoms. The zero-order valence-electron chi connectivity index (χ0n) is 10.6. The second kappa shape index (κ2) is 7.75. The molecule has 0 amide bonds. The van der Waals surface area contributed by atoms with Gasteiger partial charge in [0.2, 0.25) is 10.0 Å². The van der Waals surface area contributed by atoms with Crippen LogP contribution in [0.1, 0.15) is 13.3 Å². The van der Waals surface area contributed by atoms with Crippen molar-refractivity contribution in [1.29, 1.82) is 0 Å². The number of halogens is 2. The van der Waals surface area contributed by atoms with Gasteiger partial charge in [0.05, 0.1) is 4.92 Å². The van der Waals surface area contributed by atoms with Gasteiger partial charge in [-0.05, 0) is 25.5 Å². The minimum absolute atomic E-state index is 0. The third-order valence-electron chi connectivity index (χ3n) is 2.30. The van der Waals surface area contributed by atoms with Crippen molar-refractivity contribution in [2.45, 2.75) is 24.3 Å². The maximum atomic E-state index is 12.0. The number of nitrogens with one attached hydrogen (secondary N) is 1. The molecule has 1 aromatic rings. The minimum Gasteiger partial charge on any atom is -0.328 e.